The van der Waals surface area contributed by atoms with E-state index < -0.39 is 5.69 Å². The number of aromatic nitrogens is 2. The van der Waals surface area contributed by atoms with Crippen molar-refractivity contribution < 1.29 is 4.79 Å². The smallest absolute Gasteiger partial charge is 0.344 e. The fraction of sp³-hybridized carbons (Fsp3) is 0.357. The van der Waals surface area contributed by atoms with Gasteiger partial charge in [-0.1, -0.05) is 0 Å². The highest BCUT2D eigenvalue weighted by molar-refractivity contribution is 7.10. The summed E-state index contributed by atoms with van der Waals surface area (Å²) in [6.45, 7) is 1.73. The number of hydrogen-bond donors (Lipinski definition) is 2. The summed E-state index contributed by atoms with van der Waals surface area (Å²) in [5, 5.41) is 5.04. The quantitative estimate of drug-likeness (QED) is 0.887. The summed E-state index contributed by atoms with van der Waals surface area (Å²) in [4.78, 5) is 31.1. The molecule has 104 valence electrons. The number of aryl methyl sites for hydroxylation is 2. The van der Waals surface area contributed by atoms with Gasteiger partial charge in [0.15, 0.2) is 0 Å². The third kappa shape index (κ3) is 2.51. The minimum Gasteiger partial charge on any atom is -0.344 e. The normalized spacial score (nSPS) is 17.6. The van der Waals surface area contributed by atoms with Crippen LogP contribution < -0.4 is 11.0 Å². The van der Waals surface area contributed by atoms with Gasteiger partial charge in [-0.05, 0) is 49.3 Å². The molecule has 6 heteroatoms. The highest BCUT2D eigenvalue weighted by Gasteiger charge is 2.23. The van der Waals surface area contributed by atoms with E-state index in [0.29, 0.717) is 5.69 Å². The van der Waals surface area contributed by atoms with E-state index in [1.54, 1.807) is 24.3 Å². The SMILES string of the molecule is Cc1cc(C(=O)N[C@H]2CCCc3sccc32)nc(=O)[nH]1. The molecule has 2 aromatic heterocycles. The van der Waals surface area contributed by atoms with E-state index in [1.165, 1.54) is 10.4 Å². The van der Waals surface area contributed by atoms with Gasteiger partial charge in [0.1, 0.15) is 5.69 Å². The number of nitrogens with one attached hydrogen (secondary N) is 2. The molecule has 0 spiro atoms. The van der Waals surface area contributed by atoms with E-state index in [1.807, 2.05) is 0 Å². The minimum absolute atomic E-state index is 0.0268. The highest BCUT2D eigenvalue weighted by Crippen LogP contribution is 2.33. The van der Waals surface area contributed by atoms with Crippen LogP contribution in [0.25, 0.3) is 0 Å². The van der Waals surface area contributed by atoms with Crippen molar-refractivity contribution in [2.45, 2.75) is 32.2 Å². The van der Waals surface area contributed by atoms with E-state index in [9.17, 15) is 9.59 Å². The number of hydrogen-bond acceptors (Lipinski definition) is 4. The van der Waals surface area contributed by atoms with Crippen molar-refractivity contribution >= 4 is 17.2 Å². The van der Waals surface area contributed by atoms with Crippen molar-refractivity contribution in [3.05, 3.63) is 49.8 Å². The van der Waals surface area contributed by atoms with Crippen LogP contribution in [0.5, 0.6) is 0 Å². The van der Waals surface area contributed by atoms with Crippen LogP contribution in [0.4, 0.5) is 0 Å². The molecule has 0 aromatic carbocycles. The second-order valence-corrected chi connectivity index (χ2v) is 5.97. The Morgan fingerprint density at radius 2 is 2.40 bits per heavy atom. The lowest BCUT2D eigenvalue weighted by Gasteiger charge is -2.23. The molecular formula is C14H15N3O2S. The van der Waals surface area contributed by atoms with Crippen LogP contribution in [0, 0.1) is 6.92 Å². The lowest BCUT2D eigenvalue weighted by atomic mass is 9.94. The third-order valence-electron chi connectivity index (χ3n) is 3.47. The van der Waals surface area contributed by atoms with Gasteiger partial charge in [-0.3, -0.25) is 4.79 Å². The number of carbonyl (C=O) groups is 1. The number of nitrogens with zero attached hydrogens (tertiary/aromatic N) is 1. The van der Waals surface area contributed by atoms with Crippen LogP contribution in [-0.2, 0) is 6.42 Å². The van der Waals surface area contributed by atoms with Gasteiger partial charge in [0.05, 0.1) is 6.04 Å². The first kappa shape index (κ1) is 13.1. The van der Waals surface area contributed by atoms with Crippen molar-refractivity contribution in [3.63, 3.8) is 0 Å². The Morgan fingerprint density at radius 1 is 1.55 bits per heavy atom. The summed E-state index contributed by atoms with van der Waals surface area (Å²) in [6, 6.07) is 3.69. The van der Waals surface area contributed by atoms with E-state index in [4.69, 9.17) is 0 Å². The molecular weight excluding hydrogens is 274 g/mol. The zero-order chi connectivity index (χ0) is 14.1. The minimum atomic E-state index is -0.491. The molecule has 20 heavy (non-hydrogen) atoms. The van der Waals surface area contributed by atoms with Gasteiger partial charge < -0.3 is 10.3 Å². The van der Waals surface area contributed by atoms with E-state index >= 15 is 0 Å². The Hall–Kier alpha value is -1.95. The van der Waals surface area contributed by atoms with E-state index in [-0.39, 0.29) is 17.6 Å². The summed E-state index contributed by atoms with van der Waals surface area (Å²) in [6.07, 6.45) is 3.08. The summed E-state index contributed by atoms with van der Waals surface area (Å²) >= 11 is 1.73. The molecule has 1 atom stereocenters. The second-order valence-electron chi connectivity index (χ2n) is 4.97. The van der Waals surface area contributed by atoms with Gasteiger partial charge in [0.25, 0.3) is 5.91 Å². The number of H-pyrrole nitrogens is 1. The molecule has 0 aliphatic heterocycles. The molecule has 0 unspecified atom stereocenters. The van der Waals surface area contributed by atoms with Crippen LogP contribution in [0.1, 0.15) is 45.5 Å². The number of thiophene rings is 1. The summed E-state index contributed by atoms with van der Waals surface area (Å²) in [5.74, 6) is -0.289. The molecule has 3 rings (SSSR count). The molecule has 5 nitrogen and oxygen atoms in total. The van der Waals surface area contributed by atoms with Crippen LogP contribution in [0.3, 0.4) is 0 Å². The predicted octanol–water partition coefficient (Wildman–Crippen LogP) is 1.95. The standard InChI is InChI=1S/C14H15N3O2S/c1-8-7-11(17-14(19)15-8)13(18)16-10-3-2-4-12-9(10)5-6-20-12/h5-7,10H,2-4H2,1H3,(H,16,18)(H,15,17,19)/t10-/m0/s1. The molecule has 0 bridgehead atoms. The molecule has 2 heterocycles. The maximum Gasteiger partial charge on any atom is 0.345 e. The third-order valence-corrected chi connectivity index (χ3v) is 4.47. The van der Waals surface area contributed by atoms with Gasteiger partial charge in [-0.25, -0.2) is 4.79 Å². The van der Waals surface area contributed by atoms with Crippen molar-refractivity contribution in [1.82, 2.24) is 15.3 Å². The number of amides is 1. The van der Waals surface area contributed by atoms with Crippen molar-refractivity contribution in [3.8, 4) is 0 Å². The molecule has 2 N–H and O–H groups in total. The molecule has 1 amide bonds. The monoisotopic (exact) mass is 289 g/mol. The maximum atomic E-state index is 12.2. The summed E-state index contributed by atoms with van der Waals surface area (Å²) < 4.78 is 0. The Kier molecular flexibility index (Phi) is 3.40. The number of aromatic amines is 1. The Labute approximate surface area is 120 Å². The van der Waals surface area contributed by atoms with Crippen LogP contribution in [-0.4, -0.2) is 15.9 Å². The van der Waals surface area contributed by atoms with Gasteiger partial charge in [-0.2, -0.15) is 4.98 Å². The highest BCUT2D eigenvalue weighted by atomic mass is 32.1. The number of fused-ring (bicyclic) bond motifs is 1. The Bertz CT molecular complexity index is 704. The maximum absolute atomic E-state index is 12.2. The number of carbonyl (C=O) groups excluding carboxylic acids is 1. The topological polar surface area (TPSA) is 74.8 Å². The lowest BCUT2D eigenvalue weighted by Crippen LogP contribution is -2.32. The molecule has 0 radical (unpaired) electrons. The van der Waals surface area contributed by atoms with Gasteiger partial charge >= 0.3 is 5.69 Å². The van der Waals surface area contributed by atoms with Crippen LogP contribution in [0.2, 0.25) is 0 Å². The van der Waals surface area contributed by atoms with Crippen LogP contribution >= 0.6 is 11.3 Å². The molecule has 0 fully saturated rings. The largest absolute Gasteiger partial charge is 0.345 e. The first-order valence-electron chi connectivity index (χ1n) is 6.58. The first-order chi connectivity index (χ1) is 9.63. The zero-order valence-corrected chi connectivity index (χ0v) is 11.9. The molecule has 2 aromatic rings. The van der Waals surface area contributed by atoms with E-state index in [0.717, 1.165) is 19.3 Å². The Balaban J connectivity index is 1.82. The fourth-order valence-electron chi connectivity index (χ4n) is 2.56. The Morgan fingerprint density at radius 3 is 3.20 bits per heavy atom. The van der Waals surface area contributed by atoms with Crippen LogP contribution in [0.15, 0.2) is 22.3 Å². The van der Waals surface area contributed by atoms with Crippen molar-refractivity contribution in [1.29, 1.82) is 0 Å². The fourth-order valence-corrected chi connectivity index (χ4v) is 3.55. The van der Waals surface area contributed by atoms with Gasteiger partial charge in [-0.15, -0.1) is 11.3 Å². The molecule has 1 aliphatic carbocycles. The van der Waals surface area contributed by atoms with Gasteiger partial charge in [0.2, 0.25) is 0 Å². The first-order valence-corrected chi connectivity index (χ1v) is 7.46. The average Bonchev–Trinajstić information content (AvgIpc) is 2.87. The number of rotatable bonds is 2. The van der Waals surface area contributed by atoms with Gasteiger partial charge in [0, 0.05) is 10.6 Å². The molecule has 0 saturated heterocycles. The zero-order valence-electron chi connectivity index (χ0n) is 11.1. The molecule has 1 aliphatic rings. The van der Waals surface area contributed by atoms with Crippen molar-refractivity contribution in [2.24, 2.45) is 0 Å². The lowest BCUT2D eigenvalue weighted by molar-refractivity contribution is 0.0927. The molecule has 0 saturated carbocycles. The second kappa shape index (κ2) is 5.20. The average molecular weight is 289 g/mol. The summed E-state index contributed by atoms with van der Waals surface area (Å²) in [7, 11) is 0. The van der Waals surface area contributed by atoms with Crippen molar-refractivity contribution in [2.75, 3.05) is 0 Å². The van der Waals surface area contributed by atoms with E-state index in [2.05, 4.69) is 26.7 Å². The predicted molar refractivity (Wildman–Crippen MR) is 77.1 cm³/mol. The summed E-state index contributed by atoms with van der Waals surface area (Å²) in [5.41, 5.74) is 1.52.